The van der Waals surface area contributed by atoms with E-state index in [2.05, 4.69) is 33.5 Å². The Kier molecular flexibility index (Phi) is 5.93. The molecule has 4 rings (SSSR count). The second-order valence-electron chi connectivity index (χ2n) is 7.32. The van der Waals surface area contributed by atoms with Crippen molar-refractivity contribution in [1.29, 1.82) is 5.26 Å². The summed E-state index contributed by atoms with van der Waals surface area (Å²) in [6.07, 6.45) is 0. The van der Waals surface area contributed by atoms with Crippen molar-refractivity contribution >= 4 is 29.1 Å². The molecule has 0 aliphatic carbocycles. The van der Waals surface area contributed by atoms with Crippen molar-refractivity contribution in [3.63, 3.8) is 0 Å². The zero-order valence-corrected chi connectivity index (χ0v) is 18.3. The first kappa shape index (κ1) is 21.2. The molecule has 1 heterocycles. The molecule has 3 N–H and O–H groups in total. The smallest absolute Gasteiger partial charge is 0.232 e. The third-order valence-corrected chi connectivity index (χ3v) is 5.05. The number of benzene rings is 3. The Labute approximate surface area is 191 Å². The van der Waals surface area contributed by atoms with Crippen molar-refractivity contribution in [2.24, 2.45) is 0 Å². The number of nitrogens with one attached hydrogen (secondary N) is 1. The average molecular weight is 442 g/mol. The molecule has 0 fully saturated rings. The van der Waals surface area contributed by atoms with Crippen molar-refractivity contribution in [2.45, 2.75) is 13.8 Å². The van der Waals surface area contributed by atoms with Gasteiger partial charge in [-0.05, 0) is 84.6 Å². The van der Waals surface area contributed by atoms with Gasteiger partial charge in [0.1, 0.15) is 11.6 Å². The molecule has 1 aromatic heterocycles. The number of nitriles is 1. The summed E-state index contributed by atoms with van der Waals surface area (Å²) in [6.45, 7) is 3.97. The fraction of sp³-hybridized carbons (Fsp3) is 0.0800. The van der Waals surface area contributed by atoms with Crippen LogP contribution in [0.25, 0.3) is 11.1 Å². The fourth-order valence-corrected chi connectivity index (χ4v) is 3.55. The minimum absolute atomic E-state index is 0.275. The van der Waals surface area contributed by atoms with Gasteiger partial charge in [0.2, 0.25) is 11.8 Å². The SMILES string of the molecule is Cc1cc(-c2cccc(Cl)c2)cc(C)c1Oc1cc(N)nc(Nc2ccc(C#N)cc2)n1. The molecule has 0 spiro atoms. The summed E-state index contributed by atoms with van der Waals surface area (Å²) in [5.74, 6) is 1.61. The standard InChI is InChI=1S/C25H20ClN5O/c1-15-10-19(18-4-3-5-20(26)12-18)11-16(2)24(15)32-23-13-22(28)30-25(31-23)29-21-8-6-17(14-27)7-9-21/h3-13H,1-2H3,(H3,28,29,30,31). The molecule has 0 saturated carbocycles. The van der Waals surface area contributed by atoms with Crippen LogP contribution in [0.2, 0.25) is 5.02 Å². The van der Waals surface area contributed by atoms with Crippen LogP contribution in [0.15, 0.2) is 66.7 Å². The Morgan fingerprint density at radius 2 is 1.66 bits per heavy atom. The minimum Gasteiger partial charge on any atom is -0.438 e. The number of aryl methyl sites for hydroxylation is 2. The molecule has 158 valence electrons. The number of nitrogen functional groups attached to an aromatic ring is 1. The minimum atomic E-state index is 0.275. The summed E-state index contributed by atoms with van der Waals surface area (Å²) >= 11 is 6.14. The zero-order valence-electron chi connectivity index (χ0n) is 17.6. The van der Waals surface area contributed by atoms with Crippen LogP contribution in [0.5, 0.6) is 11.6 Å². The number of halogens is 1. The van der Waals surface area contributed by atoms with Gasteiger partial charge in [0.15, 0.2) is 0 Å². The van der Waals surface area contributed by atoms with E-state index in [1.165, 1.54) is 0 Å². The monoisotopic (exact) mass is 441 g/mol. The number of rotatable bonds is 5. The number of hydrogen-bond acceptors (Lipinski definition) is 6. The number of ether oxygens (including phenoxy) is 1. The Morgan fingerprint density at radius 3 is 2.31 bits per heavy atom. The summed E-state index contributed by atoms with van der Waals surface area (Å²) in [6, 6.07) is 22.5. The Hall–Kier alpha value is -4.08. The van der Waals surface area contributed by atoms with Crippen LogP contribution in [-0.2, 0) is 0 Å². The lowest BCUT2D eigenvalue weighted by molar-refractivity contribution is 0.456. The average Bonchev–Trinajstić information content (AvgIpc) is 2.76. The van der Waals surface area contributed by atoms with E-state index in [0.717, 1.165) is 27.9 Å². The maximum atomic E-state index is 8.94. The van der Waals surface area contributed by atoms with E-state index in [-0.39, 0.29) is 5.82 Å². The molecule has 7 heteroatoms. The molecule has 0 aliphatic heterocycles. The van der Waals surface area contributed by atoms with Gasteiger partial charge in [0, 0.05) is 16.8 Å². The van der Waals surface area contributed by atoms with Crippen LogP contribution < -0.4 is 15.8 Å². The molecule has 0 aliphatic rings. The van der Waals surface area contributed by atoms with E-state index in [1.54, 1.807) is 30.3 Å². The second-order valence-corrected chi connectivity index (χ2v) is 7.76. The Morgan fingerprint density at radius 1 is 0.938 bits per heavy atom. The van der Waals surface area contributed by atoms with Crippen molar-refractivity contribution < 1.29 is 4.74 Å². The Bertz CT molecular complexity index is 1310. The molecule has 3 aromatic carbocycles. The summed E-state index contributed by atoms with van der Waals surface area (Å²) in [5.41, 5.74) is 11.3. The van der Waals surface area contributed by atoms with Crippen LogP contribution in [0.1, 0.15) is 16.7 Å². The Balaban J connectivity index is 1.60. The molecule has 6 nitrogen and oxygen atoms in total. The summed E-state index contributed by atoms with van der Waals surface area (Å²) in [4.78, 5) is 8.65. The second kappa shape index (κ2) is 8.96. The number of nitrogens with zero attached hydrogens (tertiary/aromatic N) is 3. The van der Waals surface area contributed by atoms with Gasteiger partial charge in [-0.1, -0.05) is 23.7 Å². The molecular formula is C25H20ClN5O. The predicted octanol–water partition coefficient (Wildman–Crippen LogP) is 6.40. The van der Waals surface area contributed by atoms with Crippen LogP contribution >= 0.6 is 11.6 Å². The summed E-state index contributed by atoms with van der Waals surface area (Å²) in [7, 11) is 0. The van der Waals surface area contributed by atoms with Crippen molar-refractivity contribution in [2.75, 3.05) is 11.1 Å². The van der Waals surface area contributed by atoms with Crippen LogP contribution in [0.4, 0.5) is 17.5 Å². The highest BCUT2D eigenvalue weighted by atomic mass is 35.5. The van der Waals surface area contributed by atoms with E-state index in [4.69, 9.17) is 27.3 Å². The van der Waals surface area contributed by atoms with Gasteiger partial charge < -0.3 is 15.8 Å². The highest BCUT2D eigenvalue weighted by Gasteiger charge is 2.12. The molecule has 0 saturated heterocycles. The topological polar surface area (TPSA) is 96.9 Å². The largest absolute Gasteiger partial charge is 0.438 e. The van der Waals surface area contributed by atoms with Gasteiger partial charge >= 0.3 is 0 Å². The lowest BCUT2D eigenvalue weighted by Gasteiger charge is -2.15. The van der Waals surface area contributed by atoms with Gasteiger partial charge in [-0.3, -0.25) is 0 Å². The maximum Gasteiger partial charge on any atom is 0.232 e. The van der Waals surface area contributed by atoms with Gasteiger partial charge in [-0.15, -0.1) is 0 Å². The lowest BCUT2D eigenvalue weighted by atomic mass is 10.00. The quantitative estimate of drug-likeness (QED) is 0.371. The zero-order chi connectivity index (χ0) is 22.7. The van der Waals surface area contributed by atoms with Crippen LogP contribution in [-0.4, -0.2) is 9.97 Å². The summed E-state index contributed by atoms with van der Waals surface area (Å²) < 4.78 is 6.11. The highest BCUT2D eigenvalue weighted by Crippen LogP contribution is 2.34. The first-order chi connectivity index (χ1) is 15.4. The first-order valence-electron chi connectivity index (χ1n) is 9.88. The number of anilines is 3. The number of nitrogens with two attached hydrogens (primary N) is 1. The summed E-state index contributed by atoms with van der Waals surface area (Å²) in [5, 5.41) is 12.7. The van der Waals surface area contributed by atoms with E-state index >= 15 is 0 Å². The van der Waals surface area contributed by atoms with Gasteiger partial charge in [-0.2, -0.15) is 15.2 Å². The molecule has 0 radical (unpaired) electrons. The van der Waals surface area contributed by atoms with Crippen molar-refractivity contribution in [3.05, 3.63) is 88.4 Å². The van der Waals surface area contributed by atoms with Crippen LogP contribution in [0, 0.1) is 25.2 Å². The highest BCUT2D eigenvalue weighted by molar-refractivity contribution is 6.30. The van der Waals surface area contributed by atoms with E-state index < -0.39 is 0 Å². The number of aromatic nitrogens is 2. The fourth-order valence-electron chi connectivity index (χ4n) is 3.36. The third-order valence-electron chi connectivity index (χ3n) is 4.82. The van der Waals surface area contributed by atoms with E-state index in [1.807, 2.05) is 38.1 Å². The molecule has 0 unspecified atom stereocenters. The van der Waals surface area contributed by atoms with E-state index in [0.29, 0.717) is 28.2 Å². The maximum absolute atomic E-state index is 8.94. The molecule has 0 atom stereocenters. The third kappa shape index (κ3) is 4.80. The predicted molar refractivity (Wildman–Crippen MR) is 127 cm³/mol. The molecule has 32 heavy (non-hydrogen) atoms. The van der Waals surface area contributed by atoms with E-state index in [9.17, 15) is 0 Å². The number of hydrogen-bond donors (Lipinski definition) is 2. The van der Waals surface area contributed by atoms with Crippen molar-refractivity contribution in [1.82, 2.24) is 9.97 Å². The molecule has 0 amide bonds. The normalized spacial score (nSPS) is 10.4. The first-order valence-corrected chi connectivity index (χ1v) is 10.3. The molecular weight excluding hydrogens is 422 g/mol. The van der Waals surface area contributed by atoms with Gasteiger partial charge in [-0.25, -0.2) is 0 Å². The molecule has 4 aromatic rings. The molecule has 0 bridgehead atoms. The van der Waals surface area contributed by atoms with Crippen LogP contribution in [0.3, 0.4) is 0 Å². The van der Waals surface area contributed by atoms with Gasteiger partial charge in [0.05, 0.1) is 11.6 Å². The lowest BCUT2D eigenvalue weighted by Crippen LogP contribution is -2.03. The van der Waals surface area contributed by atoms with Gasteiger partial charge in [0.25, 0.3) is 0 Å². The van der Waals surface area contributed by atoms with Crippen molar-refractivity contribution in [3.8, 4) is 28.8 Å².